The van der Waals surface area contributed by atoms with Gasteiger partial charge in [-0.1, -0.05) is 41.4 Å². The molecule has 0 bridgehead atoms. The van der Waals surface area contributed by atoms with Gasteiger partial charge in [-0.05, 0) is 55.4 Å². The number of halogens is 2. The molecular formula is C15H22BrClO. The largest absolute Gasteiger partial charge is 0.493 e. The van der Waals surface area contributed by atoms with E-state index in [4.69, 9.17) is 16.3 Å². The normalized spacial score (nSPS) is 11.0. The van der Waals surface area contributed by atoms with E-state index in [0.717, 1.165) is 40.3 Å². The highest BCUT2D eigenvalue weighted by Crippen LogP contribution is 2.31. The Morgan fingerprint density at radius 2 is 1.94 bits per heavy atom. The molecule has 0 radical (unpaired) electrons. The van der Waals surface area contributed by atoms with Gasteiger partial charge in [-0.25, -0.2) is 0 Å². The fourth-order valence-corrected chi connectivity index (χ4v) is 2.65. The van der Waals surface area contributed by atoms with Crippen LogP contribution in [-0.4, -0.2) is 11.9 Å². The Morgan fingerprint density at radius 1 is 1.22 bits per heavy atom. The van der Waals surface area contributed by atoms with Crippen molar-refractivity contribution < 1.29 is 4.74 Å². The van der Waals surface area contributed by atoms with E-state index in [1.165, 1.54) is 12.8 Å². The van der Waals surface area contributed by atoms with Gasteiger partial charge < -0.3 is 4.74 Å². The van der Waals surface area contributed by atoms with Crippen molar-refractivity contribution >= 4 is 27.5 Å². The summed E-state index contributed by atoms with van der Waals surface area (Å²) in [5.74, 6) is 1.40. The lowest BCUT2D eigenvalue weighted by atomic mass is 10.0. The molecule has 0 saturated carbocycles. The van der Waals surface area contributed by atoms with Gasteiger partial charge >= 0.3 is 0 Å². The van der Waals surface area contributed by atoms with Crippen molar-refractivity contribution in [2.24, 2.45) is 0 Å². The lowest BCUT2D eigenvalue weighted by Crippen LogP contribution is -2.01. The summed E-state index contributed by atoms with van der Waals surface area (Å²) in [5.41, 5.74) is 2.28. The molecule has 0 saturated heterocycles. The first-order chi connectivity index (χ1) is 8.56. The van der Waals surface area contributed by atoms with Gasteiger partial charge in [0, 0.05) is 10.4 Å². The molecule has 0 aliphatic carbocycles. The number of benzene rings is 1. The average molecular weight is 334 g/mol. The standard InChI is InChI=1S/C15H22BrClO/c1-11(2)13-10-15(12(3)9-14(13)17)18-8-6-4-5-7-16/h9-11H,4-8H2,1-3H3. The molecule has 1 nitrogen and oxygen atoms in total. The second kappa shape index (κ2) is 8.06. The van der Waals surface area contributed by atoms with E-state index < -0.39 is 0 Å². The molecule has 0 heterocycles. The van der Waals surface area contributed by atoms with Crippen LogP contribution in [0.1, 0.15) is 50.2 Å². The third kappa shape index (κ3) is 4.81. The molecule has 102 valence electrons. The zero-order valence-corrected chi connectivity index (χ0v) is 13.8. The number of hydrogen-bond donors (Lipinski definition) is 0. The van der Waals surface area contributed by atoms with E-state index in [2.05, 4.69) is 35.8 Å². The van der Waals surface area contributed by atoms with Crippen LogP contribution in [0.5, 0.6) is 5.75 Å². The highest BCUT2D eigenvalue weighted by atomic mass is 79.9. The summed E-state index contributed by atoms with van der Waals surface area (Å²) < 4.78 is 5.86. The molecule has 0 aliphatic rings. The Hall–Kier alpha value is -0.210. The number of alkyl halides is 1. The Kier molecular flexibility index (Phi) is 7.10. The summed E-state index contributed by atoms with van der Waals surface area (Å²) in [6, 6.07) is 4.09. The van der Waals surface area contributed by atoms with Crippen LogP contribution in [0.25, 0.3) is 0 Å². The maximum atomic E-state index is 6.24. The van der Waals surface area contributed by atoms with E-state index in [1.807, 2.05) is 13.0 Å². The Morgan fingerprint density at radius 3 is 2.56 bits per heavy atom. The summed E-state index contributed by atoms with van der Waals surface area (Å²) in [4.78, 5) is 0. The summed E-state index contributed by atoms with van der Waals surface area (Å²) in [6.45, 7) is 7.13. The van der Waals surface area contributed by atoms with E-state index in [1.54, 1.807) is 0 Å². The van der Waals surface area contributed by atoms with Gasteiger partial charge in [0.15, 0.2) is 0 Å². The molecule has 0 fully saturated rings. The highest BCUT2D eigenvalue weighted by molar-refractivity contribution is 9.09. The molecule has 0 atom stereocenters. The fraction of sp³-hybridized carbons (Fsp3) is 0.600. The SMILES string of the molecule is Cc1cc(Cl)c(C(C)C)cc1OCCCCCBr. The Balaban J connectivity index is 2.62. The molecule has 0 spiro atoms. The molecule has 1 aromatic rings. The predicted molar refractivity (Wildman–Crippen MR) is 83.4 cm³/mol. The van der Waals surface area contributed by atoms with Crippen molar-refractivity contribution in [2.75, 3.05) is 11.9 Å². The minimum atomic E-state index is 0.425. The van der Waals surface area contributed by atoms with Crippen LogP contribution in [0.4, 0.5) is 0 Å². The van der Waals surface area contributed by atoms with Gasteiger partial charge in [-0.2, -0.15) is 0 Å². The molecule has 0 aliphatic heterocycles. The zero-order chi connectivity index (χ0) is 13.5. The van der Waals surface area contributed by atoms with Crippen LogP contribution in [0, 0.1) is 6.92 Å². The highest BCUT2D eigenvalue weighted by Gasteiger charge is 2.09. The second-order valence-corrected chi connectivity index (χ2v) is 6.09. The Labute approximate surface area is 124 Å². The topological polar surface area (TPSA) is 9.23 Å². The second-order valence-electron chi connectivity index (χ2n) is 4.89. The lowest BCUT2D eigenvalue weighted by molar-refractivity contribution is 0.304. The zero-order valence-electron chi connectivity index (χ0n) is 11.4. The van der Waals surface area contributed by atoms with Crippen LogP contribution in [-0.2, 0) is 0 Å². The first-order valence-electron chi connectivity index (χ1n) is 6.55. The molecular weight excluding hydrogens is 312 g/mol. The predicted octanol–water partition coefficient (Wildman–Crippen LogP) is 5.72. The number of ether oxygens (including phenoxy) is 1. The van der Waals surface area contributed by atoms with Gasteiger partial charge in [-0.15, -0.1) is 0 Å². The number of hydrogen-bond acceptors (Lipinski definition) is 1. The third-order valence-corrected chi connectivity index (χ3v) is 3.84. The van der Waals surface area contributed by atoms with Crippen molar-refractivity contribution in [3.8, 4) is 5.75 Å². The van der Waals surface area contributed by atoms with Crippen LogP contribution >= 0.6 is 27.5 Å². The minimum Gasteiger partial charge on any atom is -0.493 e. The quantitative estimate of drug-likeness (QED) is 0.458. The molecule has 1 rings (SSSR count). The monoisotopic (exact) mass is 332 g/mol. The number of aryl methyl sites for hydroxylation is 1. The molecule has 3 heteroatoms. The van der Waals surface area contributed by atoms with Crippen LogP contribution < -0.4 is 4.74 Å². The van der Waals surface area contributed by atoms with Crippen molar-refractivity contribution in [1.29, 1.82) is 0 Å². The van der Waals surface area contributed by atoms with Crippen molar-refractivity contribution in [1.82, 2.24) is 0 Å². The number of rotatable bonds is 7. The maximum absolute atomic E-state index is 6.24. The van der Waals surface area contributed by atoms with E-state index >= 15 is 0 Å². The average Bonchev–Trinajstić information content (AvgIpc) is 2.30. The summed E-state index contributed by atoms with van der Waals surface area (Å²) >= 11 is 9.67. The molecule has 0 N–H and O–H groups in total. The Bertz CT molecular complexity index is 377. The van der Waals surface area contributed by atoms with E-state index in [-0.39, 0.29) is 0 Å². The first-order valence-corrected chi connectivity index (χ1v) is 8.05. The molecule has 0 unspecified atom stereocenters. The lowest BCUT2D eigenvalue weighted by Gasteiger charge is -2.14. The van der Waals surface area contributed by atoms with Gasteiger partial charge in [0.1, 0.15) is 5.75 Å². The van der Waals surface area contributed by atoms with Gasteiger partial charge in [0.2, 0.25) is 0 Å². The van der Waals surface area contributed by atoms with Crippen LogP contribution in [0.2, 0.25) is 5.02 Å². The first kappa shape index (κ1) is 15.8. The van der Waals surface area contributed by atoms with Gasteiger partial charge in [-0.3, -0.25) is 0 Å². The number of unbranched alkanes of at least 4 members (excludes halogenated alkanes) is 2. The summed E-state index contributed by atoms with van der Waals surface area (Å²) in [6.07, 6.45) is 3.51. The van der Waals surface area contributed by atoms with Gasteiger partial charge in [0.05, 0.1) is 6.61 Å². The molecule has 18 heavy (non-hydrogen) atoms. The molecule has 1 aromatic carbocycles. The summed E-state index contributed by atoms with van der Waals surface area (Å²) in [5, 5.41) is 1.92. The molecule has 0 amide bonds. The van der Waals surface area contributed by atoms with Gasteiger partial charge in [0.25, 0.3) is 0 Å². The smallest absolute Gasteiger partial charge is 0.122 e. The summed E-state index contributed by atoms with van der Waals surface area (Å²) in [7, 11) is 0. The van der Waals surface area contributed by atoms with Crippen molar-refractivity contribution in [3.63, 3.8) is 0 Å². The van der Waals surface area contributed by atoms with Crippen LogP contribution in [0.3, 0.4) is 0 Å². The maximum Gasteiger partial charge on any atom is 0.122 e. The van der Waals surface area contributed by atoms with Crippen molar-refractivity contribution in [3.05, 3.63) is 28.3 Å². The molecule has 0 aromatic heterocycles. The minimum absolute atomic E-state index is 0.425. The van der Waals surface area contributed by atoms with Crippen molar-refractivity contribution in [2.45, 2.75) is 46.0 Å². The van der Waals surface area contributed by atoms with E-state index in [0.29, 0.717) is 5.92 Å². The van der Waals surface area contributed by atoms with E-state index in [9.17, 15) is 0 Å². The van der Waals surface area contributed by atoms with Crippen LogP contribution in [0.15, 0.2) is 12.1 Å². The fourth-order valence-electron chi connectivity index (χ4n) is 1.82. The third-order valence-electron chi connectivity index (χ3n) is 2.95.